The minimum atomic E-state index is -0.474. The lowest BCUT2D eigenvalue weighted by molar-refractivity contribution is -0.116. The third-order valence-electron chi connectivity index (χ3n) is 2.88. The van der Waals surface area contributed by atoms with E-state index in [9.17, 15) is 9.18 Å². The fourth-order valence-corrected chi connectivity index (χ4v) is 1.93. The molecule has 0 bridgehead atoms. The van der Waals surface area contributed by atoms with Gasteiger partial charge in [0.1, 0.15) is 11.6 Å². The molecule has 1 aromatic carbocycles. The van der Waals surface area contributed by atoms with Gasteiger partial charge in [-0.15, -0.1) is 6.58 Å². The number of halogens is 2. The van der Waals surface area contributed by atoms with Crippen molar-refractivity contribution in [1.29, 1.82) is 0 Å². The Balaban J connectivity index is 2.07. The van der Waals surface area contributed by atoms with Gasteiger partial charge in [0.15, 0.2) is 0 Å². The lowest BCUT2D eigenvalue weighted by Crippen LogP contribution is -2.15. The molecule has 1 N–H and O–H groups in total. The van der Waals surface area contributed by atoms with Crippen LogP contribution in [0.15, 0.2) is 43.1 Å². The minimum absolute atomic E-state index is 0.0807. The van der Waals surface area contributed by atoms with Crippen LogP contribution in [0, 0.1) is 5.82 Å². The fraction of sp³-hybridized carbons (Fsp3) is 0.200. The molecular weight excluding hydrogens is 293 g/mol. The van der Waals surface area contributed by atoms with Gasteiger partial charge in [-0.1, -0.05) is 23.7 Å². The van der Waals surface area contributed by atoms with Crippen molar-refractivity contribution in [3.05, 3.63) is 59.5 Å². The normalized spacial score (nSPS) is 10.4. The standard InChI is InChI=1S/C15H15ClFN3O/c1-2-3-4-15(21)19-14-7-8-18-20(14)10-11-5-6-12(16)13(17)9-11/h2,5-9H,1,3-4,10H2,(H,19,21). The molecule has 1 aromatic heterocycles. The van der Waals surface area contributed by atoms with Crippen LogP contribution in [-0.4, -0.2) is 15.7 Å². The van der Waals surface area contributed by atoms with Crippen molar-refractivity contribution in [1.82, 2.24) is 9.78 Å². The van der Waals surface area contributed by atoms with Crippen LogP contribution in [0.5, 0.6) is 0 Å². The number of nitrogens with zero attached hydrogens (tertiary/aromatic N) is 2. The molecule has 110 valence electrons. The average molecular weight is 308 g/mol. The zero-order valence-corrected chi connectivity index (χ0v) is 12.1. The van der Waals surface area contributed by atoms with Crippen LogP contribution < -0.4 is 5.32 Å². The molecule has 0 aliphatic rings. The predicted octanol–water partition coefficient (Wildman–Crippen LogP) is 3.63. The molecule has 1 amide bonds. The molecule has 2 aromatic rings. The van der Waals surface area contributed by atoms with Crippen LogP contribution >= 0.6 is 11.6 Å². The van der Waals surface area contributed by atoms with Gasteiger partial charge in [-0.2, -0.15) is 5.10 Å². The third-order valence-corrected chi connectivity index (χ3v) is 3.18. The molecule has 0 fully saturated rings. The summed E-state index contributed by atoms with van der Waals surface area (Å²) in [6, 6.07) is 6.26. The first-order valence-electron chi connectivity index (χ1n) is 6.46. The van der Waals surface area contributed by atoms with E-state index in [1.54, 1.807) is 29.1 Å². The van der Waals surface area contributed by atoms with Gasteiger partial charge in [0.25, 0.3) is 0 Å². The van der Waals surface area contributed by atoms with Crippen LogP contribution in [0.1, 0.15) is 18.4 Å². The van der Waals surface area contributed by atoms with Crippen LogP contribution in [0.4, 0.5) is 10.2 Å². The number of carbonyl (C=O) groups is 1. The summed E-state index contributed by atoms with van der Waals surface area (Å²) in [5.74, 6) is -0.0174. The van der Waals surface area contributed by atoms with Crippen molar-refractivity contribution in [3.8, 4) is 0 Å². The number of hydrogen-bond donors (Lipinski definition) is 1. The van der Waals surface area contributed by atoms with Gasteiger partial charge in [0.2, 0.25) is 5.91 Å². The molecule has 0 radical (unpaired) electrons. The van der Waals surface area contributed by atoms with E-state index < -0.39 is 5.82 Å². The van der Waals surface area contributed by atoms with Crippen LogP contribution in [0.25, 0.3) is 0 Å². The molecular formula is C15H15ClFN3O. The molecule has 6 heteroatoms. The van der Waals surface area contributed by atoms with E-state index in [4.69, 9.17) is 11.6 Å². The lowest BCUT2D eigenvalue weighted by Gasteiger charge is -2.09. The summed E-state index contributed by atoms with van der Waals surface area (Å²) in [5, 5.41) is 6.97. The summed E-state index contributed by atoms with van der Waals surface area (Å²) >= 11 is 5.65. The Kier molecular flexibility index (Phi) is 5.11. The molecule has 0 saturated carbocycles. The zero-order chi connectivity index (χ0) is 15.2. The Hall–Kier alpha value is -2.14. The summed E-state index contributed by atoms with van der Waals surface area (Å²) in [5.41, 5.74) is 0.710. The largest absolute Gasteiger partial charge is 0.311 e. The quantitative estimate of drug-likeness (QED) is 0.828. The van der Waals surface area contributed by atoms with Crippen molar-refractivity contribution in [3.63, 3.8) is 0 Å². The second-order valence-electron chi connectivity index (χ2n) is 4.50. The van der Waals surface area contributed by atoms with Gasteiger partial charge in [-0.3, -0.25) is 4.79 Å². The molecule has 0 aliphatic heterocycles. The van der Waals surface area contributed by atoms with Crippen molar-refractivity contribution in [2.75, 3.05) is 5.32 Å². The Morgan fingerprint density at radius 3 is 3.00 bits per heavy atom. The van der Waals surface area contributed by atoms with E-state index in [-0.39, 0.29) is 10.9 Å². The monoisotopic (exact) mass is 307 g/mol. The van der Waals surface area contributed by atoms with Crippen LogP contribution in [0.2, 0.25) is 5.02 Å². The molecule has 4 nitrogen and oxygen atoms in total. The number of benzene rings is 1. The van der Waals surface area contributed by atoms with Gasteiger partial charge < -0.3 is 5.32 Å². The van der Waals surface area contributed by atoms with E-state index in [1.165, 1.54) is 12.1 Å². The lowest BCUT2D eigenvalue weighted by atomic mass is 10.2. The molecule has 0 saturated heterocycles. The smallest absolute Gasteiger partial charge is 0.225 e. The van der Waals surface area contributed by atoms with Crippen molar-refractivity contribution in [2.24, 2.45) is 0 Å². The summed E-state index contributed by atoms with van der Waals surface area (Å²) in [6.07, 6.45) is 4.25. The summed E-state index contributed by atoms with van der Waals surface area (Å²) in [6.45, 7) is 3.92. The molecule has 21 heavy (non-hydrogen) atoms. The minimum Gasteiger partial charge on any atom is -0.311 e. The number of carbonyl (C=O) groups excluding carboxylic acids is 1. The Labute approximate surface area is 127 Å². The SMILES string of the molecule is C=CCCC(=O)Nc1ccnn1Cc1ccc(Cl)c(F)c1. The Morgan fingerprint density at radius 1 is 1.48 bits per heavy atom. The Bertz CT molecular complexity index is 654. The first-order chi connectivity index (χ1) is 10.1. The van der Waals surface area contributed by atoms with Gasteiger partial charge in [-0.25, -0.2) is 9.07 Å². The molecule has 0 aliphatic carbocycles. The van der Waals surface area contributed by atoms with Crippen LogP contribution in [-0.2, 0) is 11.3 Å². The number of nitrogens with one attached hydrogen (secondary N) is 1. The molecule has 0 unspecified atom stereocenters. The number of rotatable bonds is 6. The maximum absolute atomic E-state index is 13.4. The number of anilines is 1. The van der Waals surface area contributed by atoms with E-state index >= 15 is 0 Å². The maximum atomic E-state index is 13.4. The highest BCUT2D eigenvalue weighted by atomic mass is 35.5. The number of allylic oxidation sites excluding steroid dienone is 1. The molecule has 2 rings (SSSR count). The van der Waals surface area contributed by atoms with Crippen LogP contribution in [0.3, 0.4) is 0 Å². The topological polar surface area (TPSA) is 46.9 Å². The van der Waals surface area contributed by atoms with Gasteiger partial charge in [-0.05, 0) is 24.1 Å². The van der Waals surface area contributed by atoms with Gasteiger partial charge in [0.05, 0.1) is 17.8 Å². The second-order valence-corrected chi connectivity index (χ2v) is 4.91. The summed E-state index contributed by atoms with van der Waals surface area (Å²) in [7, 11) is 0. The third kappa shape index (κ3) is 4.16. The second kappa shape index (κ2) is 7.04. The molecule has 0 atom stereocenters. The predicted molar refractivity (Wildman–Crippen MR) is 80.8 cm³/mol. The van der Waals surface area contributed by atoms with E-state index in [2.05, 4.69) is 17.0 Å². The zero-order valence-electron chi connectivity index (χ0n) is 11.4. The molecule has 1 heterocycles. The Morgan fingerprint density at radius 2 is 2.29 bits per heavy atom. The molecule has 0 spiro atoms. The first-order valence-corrected chi connectivity index (χ1v) is 6.84. The number of hydrogen-bond acceptors (Lipinski definition) is 2. The first kappa shape index (κ1) is 15.3. The van der Waals surface area contributed by atoms with E-state index in [0.717, 1.165) is 0 Å². The summed E-state index contributed by atoms with van der Waals surface area (Å²) < 4.78 is 15.0. The van der Waals surface area contributed by atoms with E-state index in [1.807, 2.05) is 0 Å². The van der Waals surface area contributed by atoms with Crippen molar-refractivity contribution in [2.45, 2.75) is 19.4 Å². The number of amides is 1. The fourth-order valence-electron chi connectivity index (χ4n) is 1.81. The highest BCUT2D eigenvalue weighted by Gasteiger charge is 2.08. The van der Waals surface area contributed by atoms with Gasteiger partial charge in [0, 0.05) is 12.5 Å². The van der Waals surface area contributed by atoms with Gasteiger partial charge >= 0.3 is 0 Å². The summed E-state index contributed by atoms with van der Waals surface area (Å²) in [4.78, 5) is 11.7. The van der Waals surface area contributed by atoms with Crippen molar-refractivity contribution < 1.29 is 9.18 Å². The van der Waals surface area contributed by atoms with Crippen molar-refractivity contribution >= 4 is 23.3 Å². The average Bonchev–Trinajstić information content (AvgIpc) is 2.88. The number of aromatic nitrogens is 2. The highest BCUT2D eigenvalue weighted by Crippen LogP contribution is 2.17. The van der Waals surface area contributed by atoms with E-state index in [0.29, 0.717) is 30.8 Å². The highest BCUT2D eigenvalue weighted by molar-refractivity contribution is 6.30. The maximum Gasteiger partial charge on any atom is 0.225 e.